The largest absolute Gasteiger partial charge is 0.380 e. The molecule has 5 heteroatoms. The average Bonchev–Trinajstić information content (AvgIpc) is 2.97. The first-order chi connectivity index (χ1) is 11.2. The molecule has 2 fully saturated rings. The minimum atomic E-state index is 0.338. The molecule has 5 nitrogen and oxygen atoms in total. The van der Waals surface area contributed by atoms with Gasteiger partial charge in [0.05, 0.1) is 25.9 Å². The van der Waals surface area contributed by atoms with E-state index in [4.69, 9.17) is 9.47 Å². The van der Waals surface area contributed by atoms with E-state index in [1.54, 1.807) is 0 Å². The third-order valence-electron chi connectivity index (χ3n) is 4.98. The van der Waals surface area contributed by atoms with Gasteiger partial charge in [-0.3, -0.25) is 9.88 Å². The summed E-state index contributed by atoms with van der Waals surface area (Å²) >= 11 is 0. The van der Waals surface area contributed by atoms with Crippen LogP contribution in [-0.2, 0) is 16.0 Å². The summed E-state index contributed by atoms with van der Waals surface area (Å²) in [5.74, 6) is 0.544. The van der Waals surface area contributed by atoms with Crippen LogP contribution in [0.25, 0.3) is 0 Å². The molecule has 1 aliphatic heterocycles. The van der Waals surface area contributed by atoms with Crippen LogP contribution in [0.1, 0.15) is 18.4 Å². The van der Waals surface area contributed by atoms with Crippen molar-refractivity contribution in [2.45, 2.75) is 31.5 Å². The van der Waals surface area contributed by atoms with Crippen molar-refractivity contribution in [2.24, 2.45) is 5.92 Å². The second-order valence-corrected chi connectivity index (χ2v) is 6.94. The third-order valence-corrected chi connectivity index (χ3v) is 4.98. The fourth-order valence-electron chi connectivity index (χ4n) is 3.72. The number of rotatable bonds is 7. The minimum absolute atomic E-state index is 0.338. The van der Waals surface area contributed by atoms with Crippen LogP contribution < -0.4 is 0 Å². The molecule has 128 valence electrons. The fraction of sp³-hybridized carbons (Fsp3) is 0.722. The van der Waals surface area contributed by atoms with E-state index < -0.39 is 0 Å². The van der Waals surface area contributed by atoms with Crippen LogP contribution in [0.3, 0.4) is 0 Å². The molecule has 0 radical (unpaired) electrons. The maximum atomic E-state index is 6.12. The molecule has 1 aromatic rings. The second kappa shape index (κ2) is 8.20. The van der Waals surface area contributed by atoms with Gasteiger partial charge >= 0.3 is 0 Å². The molecule has 3 atom stereocenters. The number of pyridine rings is 1. The maximum Gasteiger partial charge on any atom is 0.0781 e. The minimum Gasteiger partial charge on any atom is -0.380 e. The summed E-state index contributed by atoms with van der Waals surface area (Å²) in [6.07, 6.45) is 6.53. The molecule has 3 rings (SSSR count). The van der Waals surface area contributed by atoms with Gasteiger partial charge in [0.25, 0.3) is 0 Å². The lowest BCUT2D eigenvalue weighted by atomic mass is 10.0. The highest BCUT2D eigenvalue weighted by Crippen LogP contribution is 2.35. The summed E-state index contributed by atoms with van der Waals surface area (Å²) < 4.78 is 12.0. The predicted octanol–water partition coefficient (Wildman–Crippen LogP) is 1.64. The highest BCUT2D eigenvalue weighted by atomic mass is 16.5. The van der Waals surface area contributed by atoms with Crippen LogP contribution in [0, 0.1) is 5.92 Å². The van der Waals surface area contributed by atoms with Gasteiger partial charge in [0.15, 0.2) is 0 Å². The van der Waals surface area contributed by atoms with E-state index in [0.717, 1.165) is 39.5 Å². The summed E-state index contributed by atoms with van der Waals surface area (Å²) in [5, 5.41) is 0. The zero-order valence-corrected chi connectivity index (χ0v) is 14.4. The Labute approximate surface area is 139 Å². The SMILES string of the molecule is CN(C)CCOC[C@@H]1CC[C@@H]2[C@@H]1OCCN2Cc1ccncc1. The first-order valence-electron chi connectivity index (χ1n) is 8.71. The summed E-state index contributed by atoms with van der Waals surface area (Å²) in [7, 11) is 4.16. The molecule has 0 bridgehead atoms. The van der Waals surface area contributed by atoms with Crippen molar-refractivity contribution >= 4 is 0 Å². The van der Waals surface area contributed by atoms with Gasteiger partial charge < -0.3 is 14.4 Å². The van der Waals surface area contributed by atoms with Crippen LogP contribution in [0.15, 0.2) is 24.5 Å². The lowest BCUT2D eigenvalue weighted by molar-refractivity contribution is -0.0883. The first-order valence-corrected chi connectivity index (χ1v) is 8.71. The van der Waals surface area contributed by atoms with E-state index in [0.29, 0.717) is 18.1 Å². The molecule has 2 aliphatic rings. The molecule has 0 spiro atoms. The summed E-state index contributed by atoms with van der Waals surface area (Å²) in [6, 6.07) is 4.77. The maximum absolute atomic E-state index is 6.12. The van der Waals surface area contributed by atoms with Crippen LogP contribution in [0.5, 0.6) is 0 Å². The van der Waals surface area contributed by atoms with E-state index in [9.17, 15) is 0 Å². The van der Waals surface area contributed by atoms with Gasteiger partial charge in [-0.15, -0.1) is 0 Å². The quantitative estimate of drug-likeness (QED) is 0.714. The van der Waals surface area contributed by atoms with Gasteiger partial charge in [0.1, 0.15) is 0 Å². The van der Waals surface area contributed by atoms with Crippen molar-refractivity contribution in [1.82, 2.24) is 14.8 Å². The third kappa shape index (κ3) is 4.51. The Morgan fingerprint density at radius 1 is 1.30 bits per heavy atom. The van der Waals surface area contributed by atoms with Crippen molar-refractivity contribution in [3.05, 3.63) is 30.1 Å². The van der Waals surface area contributed by atoms with Gasteiger partial charge in [-0.1, -0.05) is 0 Å². The molecule has 23 heavy (non-hydrogen) atoms. The predicted molar refractivity (Wildman–Crippen MR) is 90.3 cm³/mol. The molecule has 0 amide bonds. The summed E-state index contributed by atoms with van der Waals surface area (Å²) in [6.45, 7) is 5.48. The molecule has 0 N–H and O–H groups in total. The Morgan fingerprint density at radius 3 is 2.91 bits per heavy atom. The normalized spacial score (nSPS) is 28.2. The number of likely N-dealkylation sites (N-methyl/N-ethyl adjacent to an activating group) is 1. The number of morpholine rings is 1. The molecule has 0 aromatic carbocycles. The summed E-state index contributed by atoms with van der Waals surface area (Å²) in [5.41, 5.74) is 1.34. The van der Waals surface area contributed by atoms with Gasteiger partial charge in [-0.2, -0.15) is 0 Å². The van der Waals surface area contributed by atoms with Gasteiger partial charge in [-0.05, 0) is 44.6 Å². The number of hydrogen-bond donors (Lipinski definition) is 0. The van der Waals surface area contributed by atoms with E-state index in [2.05, 4.69) is 41.0 Å². The Balaban J connectivity index is 1.51. The number of nitrogens with zero attached hydrogens (tertiary/aromatic N) is 3. The Bertz CT molecular complexity index is 469. The first kappa shape index (κ1) is 16.8. The fourth-order valence-corrected chi connectivity index (χ4v) is 3.72. The lowest BCUT2D eigenvalue weighted by Crippen LogP contribution is -2.50. The second-order valence-electron chi connectivity index (χ2n) is 6.94. The van der Waals surface area contributed by atoms with E-state index in [1.807, 2.05) is 12.4 Å². The number of ether oxygens (including phenoxy) is 2. The Kier molecular flexibility index (Phi) is 6.00. The zero-order chi connectivity index (χ0) is 16.1. The molecule has 1 aliphatic carbocycles. The molecule has 2 heterocycles. The van der Waals surface area contributed by atoms with E-state index >= 15 is 0 Å². The molecule has 1 saturated carbocycles. The van der Waals surface area contributed by atoms with Gasteiger partial charge in [0.2, 0.25) is 0 Å². The van der Waals surface area contributed by atoms with Gasteiger partial charge in [0, 0.05) is 44.0 Å². The Morgan fingerprint density at radius 2 is 2.13 bits per heavy atom. The van der Waals surface area contributed by atoms with Crippen molar-refractivity contribution in [3.8, 4) is 0 Å². The highest BCUT2D eigenvalue weighted by Gasteiger charge is 2.42. The van der Waals surface area contributed by atoms with Crippen molar-refractivity contribution in [3.63, 3.8) is 0 Å². The molecule has 1 aromatic heterocycles. The summed E-state index contributed by atoms with van der Waals surface area (Å²) in [4.78, 5) is 8.85. The number of aromatic nitrogens is 1. The standard InChI is InChI=1S/C18H29N3O2/c1-20(2)9-11-22-14-16-3-4-17-18(16)23-12-10-21(17)13-15-5-7-19-8-6-15/h5-8,16-18H,3-4,9-14H2,1-2H3/t16-,17+,18+/m0/s1. The lowest BCUT2D eigenvalue weighted by Gasteiger charge is -2.39. The highest BCUT2D eigenvalue weighted by molar-refractivity contribution is 5.10. The van der Waals surface area contributed by atoms with Crippen LogP contribution in [0.4, 0.5) is 0 Å². The van der Waals surface area contributed by atoms with Crippen molar-refractivity contribution in [2.75, 3.05) is 47.0 Å². The smallest absolute Gasteiger partial charge is 0.0781 e. The molecular weight excluding hydrogens is 290 g/mol. The van der Waals surface area contributed by atoms with E-state index in [-0.39, 0.29) is 0 Å². The van der Waals surface area contributed by atoms with Crippen LogP contribution >= 0.6 is 0 Å². The van der Waals surface area contributed by atoms with Crippen molar-refractivity contribution in [1.29, 1.82) is 0 Å². The Hall–Kier alpha value is -1.01. The zero-order valence-electron chi connectivity index (χ0n) is 14.4. The topological polar surface area (TPSA) is 37.8 Å². The molecule has 1 saturated heterocycles. The van der Waals surface area contributed by atoms with Gasteiger partial charge in [-0.25, -0.2) is 0 Å². The van der Waals surface area contributed by atoms with E-state index in [1.165, 1.54) is 18.4 Å². The van der Waals surface area contributed by atoms with Crippen molar-refractivity contribution < 1.29 is 9.47 Å². The number of hydrogen-bond acceptors (Lipinski definition) is 5. The van der Waals surface area contributed by atoms with Crippen LogP contribution in [-0.4, -0.2) is 73.9 Å². The molecular formula is C18H29N3O2. The molecule has 0 unspecified atom stereocenters. The number of fused-ring (bicyclic) bond motifs is 1. The average molecular weight is 319 g/mol. The van der Waals surface area contributed by atoms with Crippen LogP contribution in [0.2, 0.25) is 0 Å². The monoisotopic (exact) mass is 319 g/mol.